The van der Waals surface area contributed by atoms with E-state index in [4.69, 9.17) is 5.10 Å². The second kappa shape index (κ2) is 6.50. The Labute approximate surface area is 159 Å². The van der Waals surface area contributed by atoms with Crippen molar-refractivity contribution < 1.29 is 0 Å². The van der Waals surface area contributed by atoms with Crippen molar-refractivity contribution in [3.8, 4) is 5.69 Å². The number of benzene rings is 2. The Morgan fingerprint density at radius 2 is 1.63 bits per heavy atom. The van der Waals surface area contributed by atoms with Gasteiger partial charge in [0, 0.05) is 11.5 Å². The molecule has 0 aliphatic heterocycles. The Hall–Kier alpha value is -3.21. The van der Waals surface area contributed by atoms with E-state index in [0.717, 1.165) is 33.8 Å². The predicted molar refractivity (Wildman–Crippen MR) is 110 cm³/mol. The van der Waals surface area contributed by atoms with Crippen molar-refractivity contribution in [1.29, 1.82) is 0 Å². The summed E-state index contributed by atoms with van der Waals surface area (Å²) >= 11 is 0. The van der Waals surface area contributed by atoms with Crippen molar-refractivity contribution in [2.45, 2.75) is 33.1 Å². The van der Waals surface area contributed by atoms with Crippen LogP contribution in [0.25, 0.3) is 16.7 Å². The maximum absolute atomic E-state index is 4.88. The van der Waals surface area contributed by atoms with Crippen molar-refractivity contribution in [3.63, 3.8) is 0 Å². The third-order valence-electron chi connectivity index (χ3n) is 4.53. The quantitative estimate of drug-likeness (QED) is 0.550. The van der Waals surface area contributed by atoms with E-state index in [0.29, 0.717) is 5.82 Å². The Balaban J connectivity index is 1.80. The molecule has 0 aliphatic rings. The van der Waals surface area contributed by atoms with Crippen LogP contribution in [-0.4, -0.2) is 19.7 Å². The average molecular weight is 357 g/mol. The molecule has 5 nitrogen and oxygen atoms in total. The van der Waals surface area contributed by atoms with Crippen LogP contribution in [0.15, 0.2) is 60.8 Å². The predicted octanol–water partition coefficient (Wildman–Crippen LogP) is 5.17. The van der Waals surface area contributed by atoms with Gasteiger partial charge < -0.3 is 5.32 Å². The van der Waals surface area contributed by atoms with Crippen molar-refractivity contribution in [2.24, 2.45) is 0 Å². The first-order chi connectivity index (χ1) is 12.9. The molecular weight excluding hydrogens is 334 g/mol. The van der Waals surface area contributed by atoms with Crippen molar-refractivity contribution in [3.05, 3.63) is 72.1 Å². The number of rotatable bonds is 3. The van der Waals surface area contributed by atoms with Gasteiger partial charge in [0.15, 0.2) is 5.82 Å². The minimum atomic E-state index is -0.0561. The van der Waals surface area contributed by atoms with Gasteiger partial charge in [0.25, 0.3) is 0 Å². The molecule has 5 heteroatoms. The number of fused-ring (bicyclic) bond motifs is 1. The molecule has 4 aromatic rings. The molecule has 2 heterocycles. The van der Waals surface area contributed by atoms with Crippen LogP contribution in [0.5, 0.6) is 0 Å². The van der Waals surface area contributed by atoms with Crippen molar-refractivity contribution in [2.75, 3.05) is 5.32 Å². The van der Waals surface area contributed by atoms with Crippen LogP contribution in [0, 0.1) is 6.92 Å². The second-order valence-corrected chi connectivity index (χ2v) is 7.73. The molecule has 136 valence electrons. The highest BCUT2D eigenvalue weighted by atomic mass is 15.3. The van der Waals surface area contributed by atoms with Crippen molar-refractivity contribution in [1.82, 2.24) is 19.7 Å². The number of nitrogens with one attached hydrogen (secondary N) is 1. The van der Waals surface area contributed by atoms with Crippen LogP contribution < -0.4 is 5.32 Å². The molecule has 0 fully saturated rings. The summed E-state index contributed by atoms with van der Waals surface area (Å²) in [5, 5.41) is 8.29. The first-order valence-corrected chi connectivity index (χ1v) is 9.07. The SMILES string of the molecule is Cc1ccccc1-n1nc(C(C)(C)C)cc1Nc1cnc2ccccc2n1. The van der Waals surface area contributed by atoms with E-state index >= 15 is 0 Å². The van der Waals surface area contributed by atoms with E-state index in [1.165, 1.54) is 0 Å². The fraction of sp³-hybridized carbons (Fsp3) is 0.227. The van der Waals surface area contributed by atoms with Crippen LogP contribution in [0.2, 0.25) is 0 Å². The summed E-state index contributed by atoms with van der Waals surface area (Å²) in [7, 11) is 0. The molecule has 0 aliphatic carbocycles. The molecule has 0 radical (unpaired) electrons. The van der Waals surface area contributed by atoms with Gasteiger partial charge >= 0.3 is 0 Å². The van der Waals surface area contributed by atoms with E-state index in [-0.39, 0.29) is 5.41 Å². The average Bonchev–Trinajstić information content (AvgIpc) is 3.06. The molecular formula is C22H23N5. The van der Waals surface area contributed by atoms with Gasteiger partial charge in [-0.2, -0.15) is 5.10 Å². The summed E-state index contributed by atoms with van der Waals surface area (Å²) in [5.74, 6) is 1.57. The van der Waals surface area contributed by atoms with Gasteiger partial charge in [-0.25, -0.2) is 9.67 Å². The molecule has 0 unspecified atom stereocenters. The van der Waals surface area contributed by atoms with Gasteiger partial charge in [0.2, 0.25) is 0 Å². The second-order valence-electron chi connectivity index (χ2n) is 7.73. The Kier molecular flexibility index (Phi) is 4.15. The number of para-hydroxylation sites is 3. The van der Waals surface area contributed by atoms with Crippen molar-refractivity contribution >= 4 is 22.7 Å². The fourth-order valence-electron chi connectivity index (χ4n) is 2.97. The molecule has 2 aromatic heterocycles. The van der Waals surface area contributed by atoms with E-state index in [9.17, 15) is 0 Å². The first-order valence-electron chi connectivity index (χ1n) is 9.07. The molecule has 2 aromatic carbocycles. The lowest BCUT2D eigenvalue weighted by Crippen LogP contribution is -2.12. The van der Waals surface area contributed by atoms with E-state index in [1.54, 1.807) is 6.20 Å². The van der Waals surface area contributed by atoms with Crippen LogP contribution in [0.1, 0.15) is 32.0 Å². The number of aryl methyl sites for hydroxylation is 1. The topological polar surface area (TPSA) is 55.6 Å². The van der Waals surface area contributed by atoms with E-state index in [2.05, 4.69) is 61.2 Å². The van der Waals surface area contributed by atoms with Gasteiger partial charge in [-0.3, -0.25) is 4.98 Å². The lowest BCUT2D eigenvalue weighted by atomic mass is 9.92. The fourth-order valence-corrected chi connectivity index (χ4v) is 2.97. The molecule has 0 saturated heterocycles. The largest absolute Gasteiger partial charge is 0.324 e. The highest BCUT2D eigenvalue weighted by molar-refractivity contribution is 5.76. The van der Waals surface area contributed by atoms with Crippen LogP contribution in [0.3, 0.4) is 0 Å². The third-order valence-corrected chi connectivity index (χ3v) is 4.53. The van der Waals surface area contributed by atoms with Crippen LogP contribution in [0.4, 0.5) is 11.6 Å². The Bertz CT molecular complexity index is 1110. The third kappa shape index (κ3) is 3.40. The maximum atomic E-state index is 4.88. The van der Waals surface area contributed by atoms with Gasteiger partial charge in [-0.15, -0.1) is 0 Å². The molecule has 0 amide bonds. The summed E-state index contributed by atoms with van der Waals surface area (Å²) in [5.41, 5.74) is 4.91. The molecule has 0 bridgehead atoms. The van der Waals surface area contributed by atoms with Crippen LogP contribution >= 0.6 is 0 Å². The lowest BCUT2D eigenvalue weighted by molar-refractivity contribution is 0.560. The molecule has 27 heavy (non-hydrogen) atoms. The maximum Gasteiger partial charge on any atom is 0.150 e. The Morgan fingerprint density at radius 1 is 0.926 bits per heavy atom. The summed E-state index contributed by atoms with van der Waals surface area (Å²) in [6.07, 6.45) is 1.76. The summed E-state index contributed by atoms with van der Waals surface area (Å²) in [6, 6.07) is 18.2. The van der Waals surface area contributed by atoms with Crippen LogP contribution in [-0.2, 0) is 5.41 Å². The minimum absolute atomic E-state index is 0.0561. The Morgan fingerprint density at radius 3 is 2.37 bits per heavy atom. The zero-order valence-electron chi connectivity index (χ0n) is 16.1. The zero-order valence-corrected chi connectivity index (χ0v) is 16.1. The highest BCUT2D eigenvalue weighted by Gasteiger charge is 2.21. The molecule has 0 atom stereocenters. The number of hydrogen-bond acceptors (Lipinski definition) is 4. The first kappa shape index (κ1) is 17.2. The number of aromatic nitrogens is 4. The minimum Gasteiger partial charge on any atom is -0.324 e. The number of nitrogens with zero attached hydrogens (tertiary/aromatic N) is 4. The van der Waals surface area contributed by atoms with E-state index in [1.807, 2.05) is 41.1 Å². The summed E-state index contributed by atoms with van der Waals surface area (Å²) < 4.78 is 1.95. The van der Waals surface area contributed by atoms with Gasteiger partial charge in [-0.05, 0) is 30.7 Å². The highest BCUT2D eigenvalue weighted by Crippen LogP contribution is 2.29. The molecule has 0 saturated carbocycles. The summed E-state index contributed by atoms with van der Waals surface area (Å²) in [6.45, 7) is 8.58. The zero-order chi connectivity index (χ0) is 19.0. The van der Waals surface area contributed by atoms with Gasteiger partial charge in [-0.1, -0.05) is 51.1 Å². The summed E-state index contributed by atoms with van der Waals surface area (Å²) in [4.78, 5) is 9.18. The smallest absolute Gasteiger partial charge is 0.150 e. The molecule has 4 rings (SSSR count). The number of hydrogen-bond donors (Lipinski definition) is 1. The monoisotopic (exact) mass is 357 g/mol. The lowest BCUT2D eigenvalue weighted by Gasteiger charge is -2.14. The number of anilines is 2. The van der Waals surface area contributed by atoms with Gasteiger partial charge in [0.05, 0.1) is 28.6 Å². The molecule has 1 N–H and O–H groups in total. The van der Waals surface area contributed by atoms with Gasteiger partial charge in [0.1, 0.15) is 5.82 Å². The molecule has 0 spiro atoms. The normalized spacial score (nSPS) is 11.7. The van der Waals surface area contributed by atoms with E-state index < -0.39 is 0 Å². The standard InChI is InChI=1S/C22H23N5/c1-15-9-5-8-12-18(15)27-21(13-19(26-27)22(2,3)4)25-20-14-23-16-10-6-7-11-17(16)24-20/h5-14H,1-4H3,(H,24,25).